The van der Waals surface area contributed by atoms with E-state index in [0.29, 0.717) is 11.2 Å². The Kier molecular flexibility index (Phi) is 5.90. The number of aryl methyl sites for hydroxylation is 1. The van der Waals surface area contributed by atoms with Crippen LogP contribution in [0.4, 0.5) is 24.7 Å². The first-order valence-corrected chi connectivity index (χ1v) is 10.0. The molecule has 0 saturated carbocycles. The number of imidazole rings is 1. The van der Waals surface area contributed by atoms with Gasteiger partial charge in [-0.3, -0.25) is 9.78 Å². The molecule has 0 aliphatic heterocycles. The van der Waals surface area contributed by atoms with Crippen LogP contribution in [0.15, 0.2) is 49.2 Å². The van der Waals surface area contributed by atoms with Crippen LogP contribution in [0.1, 0.15) is 34.7 Å². The van der Waals surface area contributed by atoms with Gasteiger partial charge in [0.25, 0.3) is 5.91 Å². The molecule has 33 heavy (non-hydrogen) atoms. The van der Waals surface area contributed by atoms with Crippen molar-refractivity contribution in [2.75, 3.05) is 5.32 Å². The third kappa shape index (κ3) is 4.87. The van der Waals surface area contributed by atoms with Crippen molar-refractivity contribution >= 4 is 40.0 Å². The summed E-state index contributed by atoms with van der Waals surface area (Å²) in [4.78, 5) is 29.4. The zero-order chi connectivity index (χ0) is 23.8. The van der Waals surface area contributed by atoms with Crippen LogP contribution >= 0.6 is 11.6 Å². The lowest BCUT2D eigenvalue weighted by atomic mass is 10.2. The summed E-state index contributed by atoms with van der Waals surface area (Å²) in [5.74, 6) is -0.103. The number of fused-ring (bicyclic) bond motifs is 1. The molecule has 8 nitrogen and oxygen atoms in total. The first-order valence-electron chi connectivity index (χ1n) is 9.65. The number of carbonyl (C=O) groups is 1. The number of amides is 1. The van der Waals surface area contributed by atoms with E-state index in [2.05, 4.69) is 30.6 Å². The standard InChI is InChI=1S/C21H17ClF3N7O/c1-11(30-20(33)15-6-18-17(8-26-15)29-10-32(18)2)16-7-28-19(9-27-16)31-14-4-3-12(5-13(14)22)21(23,24)25/h3-11H,1-2H3,(H,28,31)(H,30,33). The van der Waals surface area contributed by atoms with E-state index in [0.717, 1.165) is 17.6 Å². The molecule has 4 rings (SSSR count). The fourth-order valence-corrected chi connectivity index (χ4v) is 3.28. The second-order valence-electron chi connectivity index (χ2n) is 7.25. The van der Waals surface area contributed by atoms with Crippen LogP contribution in [-0.2, 0) is 13.2 Å². The minimum atomic E-state index is -4.48. The third-order valence-electron chi connectivity index (χ3n) is 4.87. The molecule has 0 aliphatic rings. The maximum Gasteiger partial charge on any atom is 0.416 e. The Bertz CT molecular complexity index is 1320. The molecule has 0 aliphatic carbocycles. The summed E-state index contributed by atoms with van der Waals surface area (Å²) >= 11 is 5.95. The summed E-state index contributed by atoms with van der Waals surface area (Å²) in [6, 6.07) is 4.15. The number of pyridine rings is 1. The van der Waals surface area contributed by atoms with Crippen molar-refractivity contribution in [2.24, 2.45) is 7.05 Å². The summed E-state index contributed by atoms with van der Waals surface area (Å²) in [6.45, 7) is 1.74. The highest BCUT2D eigenvalue weighted by Gasteiger charge is 2.30. The number of nitrogens with one attached hydrogen (secondary N) is 2. The predicted octanol–water partition coefficient (Wildman–Crippen LogP) is 4.67. The molecule has 0 radical (unpaired) electrons. The van der Waals surface area contributed by atoms with Crippen LogP contribution in [0, 0.1) is 0 Å². The quantitative estimate of drug-likeness (QED) is 0.435. The van der Waals surface area contributed by atoms with Crippen LogP contribution in [0.3, 0.4) is 0 Å². The number of rotatable bonds is 5. The summed E-state index contributed by atoms with van der Waals surface area (Å²) in [5, 5.41) is 5.53. The van der Waals surface area contributed by atoms with E-state index in [1.807, 2.05) is 7.05 Å². The van der Waals surface area contributed by atoms with Crippen LogP contribution < -0.4 is 10.6 Å². The number of halogens is 4. The molecule has 1 aromatic carbocycles. The second-order valence-corrected chi connectivity index (χ2v) is 7.66. The third-order valence-corrected chi connectivity index (χ3v) is 5.18. The Morgan fingerprint density at radius 2 is 1.88 bits per heavy atom. The number of alkyl halides is 3. The van der Waals surface area contributed by atoms with Gasteiger partial charge in [0.1, 0.15) is 17.0 Å². The molecule has 3 aromatic heterocycles. The average Bonchev–Trinajstić information content (AvgIpc) is 3.15. The Morgan fingerprint density at radius 3 is 2.55 bits per heavy atom. The number of nitrogens with zero attached hydrogens (tertiary/aromatic N) is 5. The highest BCUT2D eigenvalue weighted by molar-refractivity contribution is 6.33. The average molecular weight is 476 g/mol. The van der Waals surface area contributed by atoms with Gasteiger partial charge in [-0.25, -0.2) is 15.0 Å². The monoisotopic (exact) mass is 475 g/mol. The number of benzene rings is 1. The maximum absolute atomic E-state index is 12.8. The number of hydrogen-bond donors (Lipinski definition) is 2. The lowest BCUT2D eigenvalue weighted by molar-refractivity contribution is -0.137. The predicted molar refractivity (Wildman–Crippen MR) is 116 cm³/mol. The first kappa shape index (κ1) is 22.5. The van der Waals surface area contributed by atoms with Crippen LogP contribution in [0.25, 0.3) is 11.0 Å². The van der Waals surface area contributed by atoms with Gasteiger partial charge >= 0.3 is 6.18 Å². The zero-order valence-electron chi connectivity index (χ0n) is 17.4. The Labute approximate surface area is 190 Å². The molecule has 0 fully saturated rings. The molecule has 1 amide bonds. The van der Waals surface area contributed by atoms with Gasteiger partial charge in [0.05, 0.1) is 58.4 Å². The summed E-state index contributed by atoms with van der Waals surface area (Å²) in [5.41, 5.74) is 1.59. The summed E-state index contributed by atoms with van der Waals surface area (Å²) in [6.07, 6.45) is 1.53. The van der Waals surface area contributed by atoms with Gasteiger partial charge in [0.2, 0.25) is 0 Å². The molecule has 1 unspecified atom stereocenters. The number of aromatic nitrogens is 5. The molecule has 0 saturated heterocycles. The smallest absolute Gasteiger partial charge is 0.343 e. The maximum atomic E-state index is 12.8. The van der Waals surface area contributed by atoms with Gasteiger partial charge in [-0.2, -0.15) is 13.2 Å². The van der Waals surface area contributed by atoms with E-state index in [1.54, 1.807) is 23.9 Å². The highest BCUT2D eigenvalue weighted by atomic mass is 35.5. The van der Waals surface area contributed by atoms with Crippen molar-refractivity contribution in [1.82, 2.24) is 29.8 Å². The first-order chi connectivity index (χ1) is 15.6. The minimum absolute atomic E-state index is 0.103. The lowest BCUT2D eigenvalue weighted by Crippen LogP contribution is -2.28. The molecule has 12 heteroatoms. The van der Waals surface area contributed by atoms with E-state index in [4.69, 9.17) is 11.6 Å². The van der Waals surface area contributed by atoms with Crippen molar-refractivity contribution in [2.45, 2.75) is 19.1 Å². The van der Waals surface area contributed by atoms with Gasteiger partial charge in [0, 0.05) is 7.05 Å². The molecule has 1 atom stereocenters. The number of carbonyl (C=O) groups excluding carboxylic acids is 1. The van der Waals surface area contributed by atoms with Gasteiger partial charge in [-0.05, 0) is 31.2 Å². The normalized spacial score (nSPS) is 12.5. The molecule has 0 spiro atoms. The van der Waals surface area contributed by atoms with Crippen LogP contribution in [0.2, 0.25) is 5.02 Å². The molecular weight excluding hydrogens is 459 g/mol. The van der Waals surface area contributed by atoms with E-state index < -0.39 is 17.8 Å². The van der Waals surface area contributed by atoms with Gasteiger partial charge < -0.3 is 15.2 Å². The molecule has 2 N–H and O–H groups in total. The van der Waals surface area contributed by atoms with Crippen molar-refractivity contribution in [3.05, 3.63) is 71.2 Å². The fourth-order valence-electron chi connectivity index (χ4n) is 3.06. The van der Waals surface area contributed by atoms with Gasteiger partial charge in [0.15, 0.2) is 0 Å². The Morgan fingerprint density at radius 1 is 1.09 bits per heavy atom. The van der Waals surface area contributed by atoms with Crippen molar-refractivity contribution in [1.29, 1.82) is 0 Å². The molecule has 4 aromatic rings. The lowest BCUT2D eigenvalue weighted by Gasteiger charge is -2.14. The van der Waals surface area contributed by atoms with Crippen molar-refractivity contribution in [3.8, 4) is 0 Å². The van der Waals surface area contributed by atoms with Gasteiger partial charge in [-0.15, -0.1) is 0 Å². The van der Waals surface area contributed by atoms with E-state index in [-0.39, 0.29) is 28.1 Å². The summed E-state index contributed by atoms with van der Waals surface area (Å²) < 4.78 is 40.1. The van der Waals surface area contributed by atoms with Crippen LogP contribution in [-0.4, -0.2) is 30.4 Å². The zero-order valence-corrected chi connectivity index (χ0v) is 18.1. The van der Waals surface area contributed by atoms with E-state index in [9.17, 15) is 18.0 Å². The number of hydrogen-bond acceptors (Lipinski definition) is 6. The second kappa shape index (κ2) is 8.66. The van der Waals surface area contributed by atoms with E-state index in [1.165, 1.54) is 24.7 Å². The van der Waals surface area contributed by atoms with E-state index >= 15 is 0 Å². The largest absolute Gasteiger partial charge is 0.416 e. The van der Waals surface area contributed by atoms with Crippen LogP contribution in [0.5, 0.6) is 0 Å². The van der Waals surface area contributed by atoms with Crippen molar-refractivity contribution in [3.63, 3.8) is 0 Å². The molecule has 0 bridgehead atoms. The summed E-state index contributed by atoms with van der Waals surface area (Å²) in [7, 11) is 1.82. The molecule has 3 heterocycles. The number of anilines is 2. The minimum Gasteiger partial charge on any atom is -0.343 e. The molecule has 170 valence electrons. The molecular formula is C21H17ClF3N7O. The highest BCUT2D eigenvalue weighted by Crippen LogP contribution is 2.34. The SMILES string of the molecule is CC(NC(=O)c1cc2c(cn1)ncn2C)c1cnc(Nc2ccc(C(F)(F)F)cc2Cl)cn1. The van der Waals surface area contributed by atoms with Gasteiger partial charge in [-0.1, -0.05) is 11.6 Å². The topological polar surface area (TPSA) is 97.6 Å². The Balaban J connectivity index is 1.43. The fraction of sp³-hybridized carbons (Fsp3) is 0.190. The van der Waals surface area contributed by atoms with Crippen molar-refractivity contribution < 1.29 is 18.0 Å². The Hall–Kier alpha value is -3.73.